The van der Waals surface area contributed by atoms with Crippen LogP contribution in [-0.2, 0) is 6.54 Å². The number of nitrogens with two attached hydrogens (primary N) is 1. The second-order valence-corrected chi connectivity index (χ2v) is 4.45. The summed E-state index contributed by atoms with van der Waals surface area (Å²) in [7, 11) is 0. The number of carbonyl (C=O) groups is 1. The Kier molecular flexibility index (Phi) is 4.31. The van der Waals surface area contributed by atoms with Crippen LogP contribution in [0.5, 0.6) is 5.75 Å². The Bertz CT molecular complexity index is 596. The van der Waals surface area contributed by atoms with Crippen LogP contribution in [0.15, 0.2) is 30.5 Å². The standard InChI is InChI=1S/C13H17N5O2/c1-9(10-3-2-4-11(19)7-10)15-13(20)12-8-18(6-5-14)17-16-12/h2-4,7-9,19H,5-6,14H2,1H3,(H,15,20). The van der Waals surface area contributed by atoms with Gasteiger partial charge in [0.1, 0.15) is 5.75 Å². The van der Waals surface area contributed by atoms with E-state index in [-0.39, 0.29) is 23.4 Å². The number of phenolic OH excluding ortho intramolecular Hbond substituents is 1. The first-order chi connectivity index (χ1) is 9.60. The van der Waals surface area contributed by atoms with Gasteiger partial charge in [0.15, 0.2) is 5.69 Å². The topological polar surface area (TPSA) is 106 Å². The molecule has 1 amide bonds. The number of nitrogens with zero attached hydrogens (tertiary/aromatic N) is 3. The highest BCUT2D eigenvalue weighted by Gasteiger charge is 2.14. The molecule has 0 aliphatic rings. The lowest BCUT2D eigenvalue weighted by Gasteiger charge is -2.13. The number of carbonyl (C=O) groups excluding carboxylic acids is 1. The molecular formula is C13H17N5O2. The van der Waals surface area contributed by atoms with Crippen molar-refractivity contribution in [1.29, 1.82) is 0 Å². The Labute approximate surface area is 116 Å². The van der Waals surface area contributed by atoms with Gasteiger partial charge in [-0.15, -0.1) is 5.10 Å². The summed E-state index contributed by atoms with van der Waals surface area (Å²) in [5.74, 6) is -0.151. The summed E-state index contributed by atoms with van der Waals surface area (Å²) in [4.78, 5) is 12.0. The molecule has 106 valence electrons. The van der Waals surface area contributed by atoms with Crippen LogP contribution in [0.3, 0.4) is 0 Å². The molecule has 0 saturated heterocycles. The minimum Gasteiger partial charge on any atom is -0.508 e. The Morgan fingerprint density at radius 2 is 2.35 bits per heavy atom. The number of nitrogens with one attached hydrogen (secondary N) is 1. The molecule has 1 aromatic carbocycles. The van der Waals surface area contributed by atoms with Crippen LogP contribution >= 0.6 is 0 Å². The van der Waals surface area contributed by atoms with E-state index in [9.17, 15) is 9.90 Å². The molecule has 1 atom stereocenters. The third-order valence-electron chi connectivity index (χ3n) is 2.85. The van der Waals surface area contributed by atoms with E-state index >= 15 is 0 Å². The van der Waals surface area contributed by atoms with Gasteiger partial charge in [-0.2, -0.15) is 0 Å². The molecule has 2 rings (SSSR count). The Morgan fingerprint density at radius 1 is 1.55 bits per heavy atom. The molecule has 7 nitrogen and oxygen atoms in total. The zero-order valence-corrected chi connectivity index (χ0v) is 11.2. The molecule has 1 unspecified atom stereocenters. The third kappa shape index (κ3) is 3.33. The molecule has 2 aromatic rings. The van der Waals surface area contributed by atoms with Crippen LogP contribution in [-0.4, -0.2) is 32.6 Å². The van der Waals surface area contributed by atoms with E-state index in [4.69, 9.17) is 5.73 Å². The van der Waals surface area contributed by atoms with E-state index < -0.39 is 0 Å². The summed E-state index contributed by atoms with van der Waals surface area (Å²) in [6, 6.07) is 6.50. The maximum absolute atomic E-state index is 12.0. The summed E-state index contributed by atoms with van der Waals surface area (Å²) in [5.41, 5.74) is 6.46. The lowest BCUT2D eigenvalue weighted by atomic mass is 10.1. The fraction of sp³-hybridized carbons (Fsp3) is 0.308. The highest BCUT2D eigenvalue weighted by Crippen LogP contribution is 2.17. The molecule has 1 heterocycles. The smallest absolute Gasteiger partial charge is 0.273 e. The monoisotopic (exact) mass is 275 g/mol. The number of rotatable bonds is 5. The van der Waals surface area contributed by atoms with Crippen LogP contribution in [0.25, 0.3) is 0 Å². The van der Waals surface area contributed by atoms with Crippen LogP contribution in [0.1, 0.15) is 29.0 Å². The highest BCUT2D eigenvalue weighted by molar-refractivity contribution is 5.92. The second kappa shape index (κ2) is 6.16. The van der Waals surface area contributed by atoms with Gasteiger partial charge in [0.05, 0.1) is 18.8 Å². The van der Waals surface area contributed by atoms with Crippen molar-refractivity contribution in [3.63, 3.8) is 0 Å². The van der Waals surface area contributed by atoms with Crippen molar-refractivity contribution in [1.82, 2.24) is 20.3 Å². The summed E-state index contributed by atoms with van der Waals surface area (Å²) >= 11 is 0. The average molecular weight is 275 g/mol. The van der Waals surface area contributed by atoms with Crippen LogP contribution in [0.4, 0.5) is 0 Å². The summed E-state index contributed by atoms with van der Waals surface area (Å²) in [6.45, 7) is 2.78. The first-order valence-corrected chi connectivity index (χ1v) is 6.30. The Morgan fingerprint density at radius 3 is 3.05 bits per heavy atom. The third-order valence-corrected chi connectivity index (χ3v) is 2.85. The Balaban J connectivity index is 2.03. The Hall–Kier alpha value is -2.41. The first-order valence-electron chi connectivity index (χ1n) is 6.30. The van der Waals surface area contributed by atoms with Crippen molar-refractivity contribution in [2.24, 2.45) is 5.73 Å². The lowest BCUT2D eigenvalue weighted by molar-refractivity contribution is 0.0934. The van der Waals surface area contributed by atoms with E-state index in [0.717, 1.165) is 5.56 Å². The van der Waals surface area contributed by atoms with E-state index in [1.807, 2.05) is 13.0 Å². The fourth-order valence-electron chi connectivity index (χ4n) is 1.79. The number of hydrogen-bond acceptors (Lipinski definition) is 5. The summed E-state index contributed by atoms with van der Waals surface area (Å²) in [5, 5.41) is 19.8. The first kappa shape index (κ1) is 14.0. The van der Waals surface area contributed by atoms with Crippen LogP contribution in [0.2, 0.25) is 0 Å². The molecule has 0 saturated carbocycles. The zero-order chi connectivity index (χ0) is 14.5. The molecule has 0 aliphatic carbocycles. The van der Waals surface area contributed by atoms with Gasteiger partial charge >= 0.3 is 0 Å². The van der Waals surface area contributed by atoms with E-state index in [1.165, 1.54) is 4.68 Å². The van der Waals surface area contributed by atoms with E-state index in [0.29, 0.717) is 13.1 Å². The zero-order valence-electron chi connectivity index (χ0n) is 11.2. The van der Waals surface area contributed by atoms with Gasteiger partial charge in [-0.3, -0.25) is 9.48 Å². The summed E-state index contributed by atoms with van der Waals surface area (Å²) < 4.78 is 1.52. The largest absolute Gasteiger partial charge is 0.508 e. The molecule has 20 heavy (non-hydrogen) atoms. The van der Waals surface area contributed by atoms with Crippen molar-refractivity contribution in [2.75, 3.05) is 6.54 Å². The quantitative estimate of drug-likeness (QED) is 0.734. The number of aromatic hydroxyl groups is 1. The lowest BCUT2D eigenvalue weighted by Crippen LogP contribution is -2.27. The van der Waals surface area contributed by atoms with Crippen molar-refractivity contribution in [2.45, 2.75) is 19.5 Å². The minimum atomic E-state index is -0.316. The van der Waals surface area contributed by atoms with E-state index in [2.05, 4.69) is 15.6 Å². The normalized spacial score (nSPS) is 12.1. The highest BCUT2D eigenvalue weighted by atomic mass is 16.3. The van der Waals surface area contributed by atoms with E-state index in [1.54, 1.807) is 24.4 Å². The molecule has 7 heteroatoms. The van der Waals surface area contributed by atoms with Crippen molar-refractivity contribution < 1.29 is 9.90 Å². The molecular weight excluding hydrogens is 258 g/mol. The van der Waals surface area contributed by atoms with Gasteiger partial charge in [-0.25, -0.2) is 0 Å². The predicted molar refractivity (Wildman–Crippen MR) is 73.1 cm³/mol. The molecule has 0 spiro atoms. The number of hydrogen-bond donors (Lipinski definition) is 3. The van der Waals surface area contributed by atoms with Gasteiger partial charge in [0, 0.05) is 6.54 Å². The van der Waals surface area contributed by atoms with Crippen molar-refractivity contribution in [3.05, 3.63) is 41.7 Å². The van der Waals surface area contributed by atoms with Gasteiger partial charge in [-0.1, -0.05) is 17.3 Å². The number of benzene rings is 1. The van der Waals surface area contributed by atoms with Gasteiger partial charge in [-0.05, 0) is 24.6 Å². The van der Waals surface area contributed by atoms with Gasteiger partial charge in [0.2, 0.25) is 0 Å². The van der Waals surface area contributed by atoms with Gasteiger partial charge < -0.3 is 16.2 Å². The maximum atomic E-state index is 12.0. The minimum absolute atomic E-state index is 0.164. The molecule has 1 aromatic heterocycles. The molecule has 0 radical (unpaired) electrons. The fourth-order valence-corrected chi connectivity index (χ4v) is 1.79. The molecule has 0 fully saturated rings. The number of aromatic nitrogens is 3. The second-order valence-electron chi connectivity index (χ2n) is 4.45. The van der Waals surface area contributed by atoms with Gasteiger partial charge in [0.25, 0.3) is 5.91 Å². The van der Waals surface area contributed by atoms with Crippen molar-refractivity contribution >= 4 is 5.91 Å². The molecule has 0 aliphatic heterocycles. The number of amides is 1. The average Bonchev–Trinajstić information content (AvgIpc) is 2.88. The number of phenols is 1. The van der Waals surface area contributed by atoms with Crippen LogP contribution < -0.4 is 11.1 Å². The predicted octanol–water partition coefficient (Wildman–Crippen LogP) is 0.433. The maximum Gasteiger partial charge on any atom is 0.273 e. The summed E-state index contributed by atoms with van der Waals surface area (Å²) in [6.07, 6.45) is 1.55. The van der Waals surface area contributed by atoms with Crippen LogP contribution in [0, 0.1) is 0 Å². The molecule has 4 N–H and O–H groups in total. The molecule has 0 bridgehead atoms. The van der Waals surface area contributed by atoms with Crippen molar-refractivity contribution in [3.8, 4) is 5.75 Å². The SMILES string of the molecule is CC(NC(=O)c1cn(CCN)nn1)c1cccc(O)c1.